The van der Waals surface area contributed by atoms with Gasteiger partial charge in [-0.1, -0.05) is 0 Å². The lowest BCUT2D eigenvalue weighted by atomic mass is 10.2. The molecule has 102 valence electrons. The standard InChI is InChI=1S/C12H11ClF3N3/c13-6-3-9-18-8-2-1-7-17-10(8)19(9)11(4-5-11)12(14,15)16/h1-2,7H,3-6H2. The lowest BCUT2D eigenvalue weighted by molar-refractivity contribution is -0.179. The van der Waals surface area contributed by atoms with E-state index in [9.17, 15) is 13.2 Å². The summed E-state index contributed by atoms with van der Waals surface area (Å²) in [4.78, 5) is 8.30. The average molecular weight is 290 g/mol. The van der Waals surface area contributed by atoms with Gasteiger partial charge in [-0.15, -0.1) is 11.6 Å². The first-order chi connectivity index (χ1) is 8.99. The van der Waals surface area contributed by atoms with E-state index in [0.717, 1.165) is 0 Å². The highest BCUT2D eigenvalue weighted by atomic mass is 35.5. The SMILES string of the molecule is FC(F)(F)C1(n2c(CCCl)nc3cccnc32)CC1. The monoisotopic (exact) mass is 289 g/mol. The van der Waals surface area contributed by atoms with Gasteiger partial charge in [-0.05, 0) is 25.0 Å². The molecule has 7 heteroatoms. The van der Waals surface area contributed by atoms with Crippen molar-refractivity contribution in [3.63, 3.8) is 0 Å². The first-order valence-electron chi connectivity index (χ1n) is 5.95. The second-order valence-electron chi connectivity index (χ2n) is 4.68. The fourth-order valence-electron chi connectivity index (χ4n) is 2.41. The van der Waals surface area contributed by atoms with Gasteiger partial charge in [-0.2, -0.15) is 13.2 Å². The van der Waals surface area contributed by atoms with Crippen molar-refractivity contribution in [3.8, 4) is 0 Å². The first kappa shape index (κ1) is 12.7. The van der Waals surface area contributed by atoms with Gasteiger partial charge in [0.25, 0.3) is 0 Å². The molecule has 19 heavy (non-hydrogen) atoms. The Balaban J connectivity index is 2.24. The number of alkyl halides is 4. The van der Waals surface area contributed by atoms with Gasteiger partial charge >= 0.3 is 6.18 Å². The number of aryl methyl sites for hydroxylation is 1. The molecule has 0 radical (unpaired) electrons. The van der Waals surface area contributed by atoms with E-state index in [0.29, 0.717) is 17.8 Å². The molecule has 1 saturated carbocycles. The van der Waals surface area contributed by atoms with Crippen LogP contribution in [0.1, 0.15) is 18.7 Å². The molecule has 2 aromatic rings. The van der Waals surface area contributed by atoms with Crippen LogP contribution in [0.25, 0.3) is 11.2 Å². The molecule has 0 unspecified atom stereocenters. The summed E-state index contributed by atoms with van der Waals surface area (Å²) in [6.45, 7) is 0. The van der Waals surface area contributed by atoms with Crippen molar-refractivity contribution in [3.05, 3.63) is 24.2 Å². The Morgan fingerprint density at radius 1 is 1.37 bits per heavy atom. The minimum Gasteiger partial charge on any atom is -0.297 e. The van der Waals surface area contributed by atoms with Crippen molar-refractivity contribution in [2.75, 3.05) is 5.88 Å². The van der Waals surface area contributed by atoms with Crippen LogP contribution in [-0.4, -0.2) is 26.6 Å². The van der Waals surface area contributed by atoms with Gasteiger partial charge in [0.2, 0.25) is 0 Å². The molecule has 3 nitrogen and oxygen atoms in total. The molecular weight excluding hydrogens is 279 g/mol. The zero-order valence-electron chi connectivity index (χ0n) is 9.91. The quantitative estimate of drug-likeness (QED) is 0.812. The molecule has 0 aliphatic heterocycles. The van der Waals surface area contributed by atoms with E-state index < -0.39 is 11.7 Å². The van der Waals surface area contributed by atoms with Crippen LogP contribution >= 0.6 is 11.6 Å². The molecular formula is C12H11ClF3N3. The summed E-state index contributed by atoms with van der Waals surface area (Å²) >= 11 is 5.67. The Bertz CT molecular complexity index is 616. The minimum absolute atomic E-state index is 0.0772. The Labute approximate surface area is 112 Å². The van der Waals surface area contributed by atoms with Crippen LogP contribution in [0.2, 0.25) is 0 Å². The highest BCUT2D eigenvalue weighted by Gasteiger charge is 2.66. The summed E-state index contributed by atoms with van der Waals surface area (Å²) in [6.07, 6.45) is -2.35. The lowest BCUT2D eigenvalue weighted by Crippen LogP contribution is -2.36. The molecule has 1 aliphatic carbocycles. The van der Waals surface area contributed by atoms with Crippen LogP contribution < -0.4 is 0 Å². The van der Waals surface area contributed by atoms with Crippen LogP contribution in [0.15, 0.2) is 18.3 Å². The van der Waals surface area contributed by atoms with Crippen molar-refractivity contribution in [1.82, 2.24) is 14.5 Å². The average Bonchev–Trinajstić information content (AvgIpc) is 3.06. The summed E-state index contributed by atoms with van der Waals surface area (Å²) in [5.74, 6) is 0.593. The number of imidazole rings is 1. The second-order valence-corrected chi connectivity index (χ2v) is 5.06. The third-order valence-electron chi connectivity index (χ3n) is 3.48. The van der Waals surface area contributed by atoms with Crippen molar-refractivity contribution in [1.29, 1.82) is 0 Å². The number of hydrogen-bond donors (Lipinski definition) is 0. The molecule has 0 saturated heterocycles. The predicted molar refractivity (Wildman–Crippen MR) is 65.2 cm³/mol. The van der Waals surface area contributed by atoms with E-state index in [-0.39, 0.29) is 24.4 Å². The third kappa shape index (κ3) is 1.81. The number of fused-ring (bicyclic) bond motifs is 1. The molecule has 2 heterocycles. The maximum atomic E-state index is 13.3. The Hall–Kier alpha value is -1.30. The molecule has 1 aliphatic rings. The summed E-state index contributed by atoms with van der Waals surface area (Å²) < 4.78 is 41.1. The van der Waals surface area contributed by atoms with Crippen LogP contribution in [0.3, 0.4) is 0 Å². The number of halogens is 4. The Morgan fingerprint density at radius 3 is 2.68 bits per heavy atom. The minimum atomic E-state index is -4.29. The van der Waals surface area contributed by atoms with E-state index in [4.69, 9.17) is 11.6 Å². The van der Waals surface area contributed by atoms with E-state index in [1.54, 1.807) is 12.1 Å². The predicted octanol–water partition coefficient (Wildman–Crippen LogP) is 3.26. The number of pyridine rings is 1. The highest BCUT2D eigenvalue weighted by molar-refractivity contribution is 6.17. The number of rotatable bonds is 3. The Kier molecular flexibility index (Phi) is 2.74. The van der Waals surface area contributed by atoms with Crippen LogP contribution in [-0.2, 0) is 12.0 Å². The fraction of sp³-hybridized carbons (Fsp3) is 0.500. The van der Waals surface area contributed by atoms with Gasteiger partial charge in [-0.3, -0.25) is 4.57 Å². The van der Waals surface area contributed by atoms with Crippen LogP contribution in [0.5, 0.6) is 0 Å². The molecule has 0 amide bonds. The molecule has 0 bridgehead atoms. The van der Waals surface area contributed by atoms with Gasteiger partial charge in [0, 0.05) is 18.5 Å². The number of nitrogens with zero attached hydrogens (tertiary/aromatic N) is 3. The molecule has 0 atom stereocenters. The highest BCUT2D eigenvalue weighted by Crippen LogP contribution is 2.56. The van der Waals surface area contributed by atoms with E-state index in [2.05, 4.69) is 9.97 Å². The molecule has 0 aromatic carbocycles. The summed E-state index contributed by atoms with van der Waals surface area (Å²) in [5.41, 5.74) is -1.06. The first-order valence-corrected chi connectivity index (χ1v) is 6.48. The molecule has 0 spiro atoms. The molecule has 2 aromatic heterocycles. The van der Waals surface area contributed by atoms with Crippen molar-refractivity contribution in [2.24, 2.45) is 0 Å². The fourth-order valence-corrected chi connectivity index (χ4v) is 2.58. The van der Waals surface area contributed by atoms with Crippen molar-refractivity contribution >= 4 is 22.8 Å². The zero-order chi connectivity index (χ0) is 13.7. The number of hydrogen-bond acceptors (Lipinski definition) is 2. The van der Waals surface area contributed by atoms with Crippen LogP contribution in [0, 0.1) is 0 Å². The summed E-state index contributed by atoms with van der Waals surface area (Å²) in [5, 5.41) is 0. The van der Waals surface area contributed by atoms with E-state index >= 15 is 0 Å². The normalized spacial score (nSPS) is 17.9. The number of aromatic nitrogens is 3. The topological polar surface area (TPSA) is 30.7 Å². The van der Waals surface area contributed by atoms with E-state index in [1.165, 1.54) is 10.8 Å². The van der Waals surface area contributed by atoms with Crippen molar-refractivity contribution < 1.29 is 13.2 Å². The van der Waals surface area contributed by atoms with Gasteiger partial charge < -0.3 is 0 Å². The summed E-state index contributed by atoms with van der Waals surface area (Å²) in [6, 6.07) is 3.33. The molecule has 3 rings (SSSR count). The maximum absolute atomic E-state index is 13.3. The van der Waals surface area contributed by atoms with Crippen LogP contribution in [0.4, 0.5) is 13.2 Å². The van der Waals surface area contributed by atoms with Gasteiger partial charge in [0.1, 0.15) is 16.9 Å². The van der Waals surface area contributed by atoms with Gasteiger partial charge in [0.05, 0.1) is 0 Å². The largest absolute Gasteiger partial charge is 0.412 e. The summed E-state index contributed by atoms with van der Waals surface area (Å²) in [7, 11) is 0. The van der Waals surface area contributed by atoms with Gasteiger partial charge in [0.15, 0.2) is 5.65 Å². The second kappa shape index (κ2) is 4.10. The molecule has 0 N–H and O–H groups in total. The van der Waals surface area contributed by atoms with E-state index in [1.807, 2.05) is 0 Å². The smallest absolute Gasteiger partial charge is 0.297 e. The maximum Gasteiger partial charge on any atom is 0.412 e. The Morgan fingerprint density at radius 2 is 2.11 bits per heavy atom. The van der Waals surface area contributed by atoms with Gasteiger partial charge in [-0.25, -0.2) is 9.97 Å². The van der Waals surface area contributed by atoms with Crippen molar-refractivity contribution in [2.45, 2.75) is 31.0 Å². The third-order valence-corrected chi connectivity index (χ3v) is 3.67. The lowest BCUT2D eigenvalue weighted by Gasteiger charge is -2.23. The molecule has 1 fully saturated rings. The zero-order valence-corrected chi connectivity index (χ0v) is 10.7.